The van der Waals surface area contributed by atoms with E-state index in [9.17, 15) is 9.59 Å². The maximum Gasteiger partial charge on any atom is 0.323 e. The smallest absolute Gasteiger partial charge is 0.323 e. The van der Waals surface area contributed by atoms with E-state index in [0.29, 0.717) is 15.2 Å². The van der Waals surface area contributed by atoms with Crippen molar-refractivity contribution < 1.29 is 14.3 Å². The van der Waals surface area contributed by atoms with Gasteiger partial charge in [0.2, 0.25) is 0 Å². The molecular weight excluding hydrogens is 432 g/mol. The lowest BCUT2D eigenvalue weighted by molar-refractivity contribution is -0.147. The number of rotatable bonds is 8. The number of halogens is 1. The molecule has 0 saturated carbocycles. The molecule has 0 aliphatic rings. The fourth-order valence-corrected chi connectivity index (χ4v) is 4.46. The minimum atomic E-state index is -1.04. The van der Waals surface area contributed by atoms with E-state index in [1.807, 2.05) is 32.0 Å². The molecule has 1 aromatic carbocycles. The van der Waals surface area contributed by atoms with Crippen LogP contribution in [0, 0.1) is 13.8 Å². The third-order valence-corrected chi connectivity index (χ3v) is 6.42. The van der Waals surface area contributed by atoms with Crippen LogP contribution in [0.2, 0.25) is 5.02 Å². The summed E-state index contributed by atoms with van der Waals surface area (Å²) < 4.78 is 6.84. The van der Waals surface area contributed by atoms with Crippen LogP contribution in [0.5, 0.6) is 0 Å². The van der Waals surface area contributed by atoms with E-state index in [0.717, 1.165) is 16.9 Å². The topological polar surface area (TPSA) is 87.0 Å². The first-order valence-corrected chi connectivity index (χ1v) is 11.1. The summed E-state index contributed by atoms with van der Waals surface area (Å²) in [5.41, 5.74) is 2.51. The first kappa shape index (κ1) is 21.5. The Morgan fingerprint density at radius 2 is 2.14 bits per heavy atom. The van der Waals surface area contributed by atoms with Gasteiger partial charge in [-0.3, -0.25) is 14.2 Å². The van der Waals surface area contributed by atoms with Gasteiger partial charge in [0, 0.05) is 16.1 Å². The van der Waals surface area contributed by atoms with Crippen molar-refractivity contribution in [2.45, 2.75) is 31.8 Å². The Morgan fingerprint density at radius 3 is 2.79 bits per heavy atom. The van der Waals surface area contributed by atoms with E-state index in [-0.39, 0.29) is 18.1 Å². The van der Waals surface area contributed by atoms with Gasteiger partial charge < -0.3 is 4.74 Å². The quantitative estimate of drug-likeness (QED) is 0.291. The Balaban J connectivity index is 1.78. The molecule has 0 radical (unpaired) electrons. The molecule has 2 aromatic heterocycles. The van der Waals surface area contributed by atoms with E-state index in [1.165, 1.54) is 23.1 Å². The lowest BCUT2D eigenvalue weighted by Crippen LogP contribution is -2.25. The molecule has 3 rings (SSSR count). The molecule has 29 heavy (non-hydrogen) atoms. The number of ether oxygens (including phenoxy) is 1. The number of nitrogens with zero attached hydrogens (tertiary/aromatic N) is 4. The Bertz CT molecular complexity index is 1030. The van der Waals surface area contributed by atoms with Crippen molar-refractivity contribution in [2.75, 3.05) is 12.4 Å². The second kappa shape index (κ2) is 9.51. The van der Waals surface area contributed by atoms with Gasteiger partial charge in [0.05, 0.1) is 18.0 Å². The molecule has 0 fully saturated rings. The standard InChI is InChI=1S/C19H19ClN4O3S2/c1-4-27-18(26)16(17-22-12(3)8-28-17)15(25)9-29-19-23-21-10-24(19)13-6-5-11(2)14(20)7-13/h5-8,10,16H,4,9H2,1-3H3/t16-/m1/s1. The van der Waals surface area contributed by atoms with Crippen molar-refractivity contribution in [3.8, 4) is 5.69 Å². The maximum absolute atomic E-state index is 12.9. The molecule has 2 heterocycles. The van der Waals surface area contributed by atoms with Gasteiger partial charge in [-0.25, -0.2) is 4.98 Å². The van der Waals surface area contributed by atoms with Gasteiger partial charge in [-0.1, -0.05) is 29.4 Å². The summed E-state index contributed by atoms with van der Waals surface area (Å²) in [4.78, 5) is 29.6. The van der Waals surface area contributed by atoms with Crippen LogP contribution in [0.25, 0.3) is 5.69 Å². The first-order chi connectivity index (χ1) is 13.9. The third-order valence-electron chi connectivity index (χ3n) is 4.02. The molecule has 1 atom stereocenters. The molecule has 7 nitrogen and oxygen atoms in total. The fraction of sp³-hybridized carbons (Fsp3) is 0.316. The zero-order valence-electron chi connectivity index (χ0n) is 16.1. The molecule has 0 amide bonds. The lowest BCUT2D eigenvalue weighted by Gasteiger charge is -2.12. The molecule has 0 spiro atoms. The maximum atomic E-state index is 12.9. The van der Waals surface area contributed by atoms with Gasteiger partial charge in [-0.15, -0.1) is 21.5 Å². The number of ketones is 1. The molecule has 0 aliphatic heterocycles. The van der Waals surface area contributed by atoms with Crippen molar-refractivity contribution in [3.05, 3.63) is 51.2 Å². The average Bonchev–Trinajstić information content (AvgIpc) is 3.32. The van der Waals surface area contributed by atoms with Gasteiger partial charge in [0.15, 0.2) is 16.9 Å². The normalized spacial score (nSPS) is 12.0. The first-order valence-electron chi connectivity index (χ1n) is 8.81. The van der Waals surface area contributed by atoms with E-state index in [2.05, 4.69) is 15.2 Å². The van der Waals surface area contributed by atoms with Crippen LogP contribution < -0.4 is 0 Å². The Labute approximate surface area is 181 Å². The summed E-state index contributed by atoms with van der Waals surface area (Å²) in [6, 6.07) is 5.61. The largest absolute Gasteiger partial charge is 0.465 e. The summed E-state index contributed by atoms with van der Waals surface area (Å²) in [6.45, 7) is 5.64. The summed E-state index contributed by atoms with van der Waals surface area (Å²) in [5, 5.41) is 11.4. The molecule has 10 heteroatoms. The molecule has 0 bridgehead atoms. The minimum absolute atomic E-state index is 0.0282. The van der Waals surface area contributed by atoms with Crippen LogP contribution >= 0.6 is 34.7 Å². The fourth-order valence-electron chi connectivity index (χ4n) is 2.55. The van der Waals surface area contributed by atoms with Gasteiger partial charge in [-0.05, 0) is 38.5 Å². The number of thiazole rings is 1. The number of carbonyl (C=O) groups is 2. The predicted octanol–water partition coefficient (Wildman–Crippen LogP) is 4.00. The van der Waals surface area contributed by atoms with Crippen LogP contribution in [-0.4, -0.2) is 43.9 Å². The van der Waals surface area contributed by atoms with E-state index >= 15 is 0 Å². The van der Waals surface area contributed by atoms with E-state index < -0.39 is 11.9 Å². The number of thioether (sulfide) groups is 1. The van der Waals surface area contributed by atoms with Crippen LogP contribution in [-0.2, 0) is 14.3 Å². The zero-order chi connectivity index (χ0) is 21.0. The highest BCUT2D eigenvalue weighted by Crippen LogP contribution is 2.28. The number of carbonyl (C=O) groups excluding carboxylic acids is 2. The number of hydrogen-bond acceptors (Lipinski definition) is 8. The molecule has 3 aromatic rings. The highest BCUT2D eigenvalue weighted by Gasteiger charge is 2.32. The number of aryl methyl sites for hydroxylation is 2. The number of benzene rings is 1. The second-order valence-corrected chi connectivity index (χ2v) is 8.42. The van der Waals surface area contributed by atoms with Crippen molar-refractivity contribution in [1.29, 1.82) is 0 Å². The highest BCUT2D eigenvalue weighted by atomic mass is 35.5. The minimum Gasteiger partial charge on any atom is -0.465 e. The zero-order valence-corrected chi connectivity index (χ0v) is 18.5. The van der Waals surface area contributed by atoms with Gasteiger partial charge in [0.25, 0.3) is 0 Å². The Kier molecular flexibility index (Phi) is 7.05. The molecule has 0 N–H and O–H groups in total. The number of aromatic nitrogens is 4. The van der Waals surface area contributed by atoms with Crippen molar-refractivity contribution in [1.82, 2.24) is 19.7 Å². The number of esters is 1. The van der Waals surface area contributed by atoms with Gasteiger partial charge in [-0.2, -0.15) is 0 Å². The van der Waals surface area contributed by atoms with Crippen molar-refractivity contribution >= 4 is 46.5 Å². The third kappa shape index (κ3) is 5.04. The van der Waals surface area contributed by atoms with E-state index in [1.54, 1.807) is 23.2 Å². The van der Waals surface area contributed by atoms with E-state index in [4.69, 9.17) is 16.3 Å². The summed E-state index contributed by atoms with van der Waals surface area (Å²) >= 11 is 8.69. The van der Waals surface area contributed by atoms with Gasteiger partial charge in [0.1, 0.15) is 11.3 Å². The molecule has 0 saturated heterocycles. The lowest BCUT2D eigenvalue weighted by atomic mass is 10.1. The molecular formula is C19H19ClN4O3S2. The Hall–Kier alpha value is -2.23. The van der Waals surface area contributed by atoms with Crippen LogP contribution in [0.4, 0.5) is 0 Å². The SMILES string of the molecule is CCOC(=O)[C@H](C(=O)CSc1nncn1-c1ccc(C)c(Cl)c1)c1nc(C)cs1. The predicted molar refractivity (Wildman–Crippen MR) is 113 cm³/mol. The van der Waals surface area contributed by atoms with Crippen LogP contribution in [0.3, 0.4) is 0 Å². The van der Waals surface area contributed by atoms with Gasteiger partial charge >= 0.3 is 5.97 Å². The monoisotopic (exact) mass is 450 g/mol. The van der Waals surface area contributed by atoms with Crippen molar-refractivity contribution in [2.24, 2.45) is 0 Å². The molecule has 0 aliphatic carbocycles. The van der Waals surface area contributed by atoms with Crippen LogP contribution in [0.15, 0.2) is 35.1 Å². The summed E-state index contributed by atoms with van der Waals surface area (Å²) in [7, 11) is 0. The summed E-state index contributed by atoms with van der Waals surface area (Å²) in [6.07, 6.45) is 1.56. The molecule has 0 unspecified atom stereocenters. The van der Waals surface area contributed by atoms with Crippen LogP contribution in [0.1, 0.15) is 29.1 Å². The molecule has 152 valence electrons. The Morgan fingerprint density at radius 1 is 1.34 bits per heavy atom. The summed E-state index contributed by atoms with van der Waals surface area (Å²) in [5.74, 6) is -1.88. The average molecular weight is 451 g/mol. The number of Topliss-reactive ketones (excluding diaryl/α,β-unsaturated/α-hetero) is 1. The second-order valence-electron chi connectivity index (χ2n) is 6.18. The highest BCUT2D eigenvalue weighted by molar-refractivity contribution is 7.99. The number of hydrogen-bond donors (Lipinski definition) is 0. The van der Waals surface area contributed by atoms with Crippen molar-refractivity contribution in [3.63, 3.8) is 0 Å².